The van der Waals surface area contributed by atoms with Crippen molar-refractivity contribution in [2.45, 2.75) is 46.6 Å². The van der Waals surface area contributed by atoms with Crippen LogP contribution in [0.3, 0.4) is 0 Å². The molecule has 2 heteroatoms. The van der Waals surface area contributed by atoms with Crippen LogP contribution in [-0.2, 0) is 4.79 Å². The van der Waals surface area contributed by atoms with Crippen LogP contribution in [0.15, 0.2) is 0 Å². The molecular weight excluding hydrogens is 138 g/mol. The lowest BCUT2D eigenvalue weighted by Gasteiger charge is -2.33. The zero-order chi connectivity index (χ0) is 9.07. The third kappa shape index (κ3) is 2.91. The Bertz CT molecular complexity index is 142. The molecule has 1 N–H and O–H groups in total. The summed E-state index contributed by atoms with van der Waals surface area (Å²) < 4.78 is 0. The van der Waals surface area contributed by atoms with E-state index in [0.29, 0.717) is 5.92 Å². The highest BCUT2D eigenvalue weighted by Crippen LogP contribution is 2.19. The standard InChI is InChI=1S/C9H19NO/c1-6-9(5,7(2)3)10-8(4)11/h7H,6H2,1-5H3,(H,10,11). The first-order chi connectivity index (χ1) is 4.92. The van der Waals surface area contributed by atoms with Crippen LogP contribution in [0.25, 0.3) is 0 Å². The molecule has 66 valence electrons. The lowest BCUT2D eigenvalue weighted by Crippen LogP contribution is -2.48. The Balaban J connectivity index is 4.22. The fourth-order valence-electron chi connectivity index (χ4n) is 1.04. The summed E-state index contributed by atoms with van der Waals surface area (Å²) in [5.74, 6) is 0.541. The molecule has 2 nitrogen and oxygen atoms in total. The third-order valence-electron chi connectivity index (χ3n) is 2.47. The molecule has 0 rings (SSSR count). The van der Waals surface area contributed by atoms with Gasteiger partial charge >= 0.3 is 0 Å². The van der Waals surface area contributed by atoms with Gasteiger partial charge in [0.2, 0.25) is 5.91 Å². The van der Waals surface area contributed by atoms with Gasteiger partial charge in [-0.1, -0.05) is 20.8 Å². The smallest absolute Gasteiger partial charge is 0.217 e. The molecule has 1 atom stereocenters. The van der Waals surface area contributed by atoms with E-state index in [2.05, 4.69) is 33.0 Å². The Labute approximate surface area is 69.4 Å². The van der Waals surface area contributed by atoms with Crippen LogP contribution in [0.4, 0.5) is 0 Å². The molecule has 1 unspecified atom stereocenters. The molecule has 0 fully saturated rings. The van der Waals surface area contributed by atoms with Gasteiger partial charge in [-0.05, 0) is 19.3 Å². The minimum atomic E-state index is -0.0359. The highest BCUT2D eigenvalue weighted by molar-refractivity contribution is 5.73. The molecule has 0 aromatic carbocycles. The fraction of sp³-hybridized carbons (Fsp3) is 0.889. The summed E-state index contributed by atoms with van der Waals surface area (Å²) in [5, 5.41) is 2.97. The molecule has 0 aliphatic carbocycles. The fourth-order valence-corrected chi connectivity index (χ4v) is 1.04. The minimum Gasteiger partial charge on any atom is -0.351 e. The second-order valence-corrected chi connectivity index (χ2v) is 3.61. The lowest BCUT2D eigenvalue weighted by molar-refractivity contribution is -0.121. The van der Waals surface area contributed by atoms with Crippen molar-refractivity contribution >= 4 is 5.91 Å². The van der Waals surface area contributed by atoms with Crippen molar-refractivity contribution in [3.63, 3.8) is 0 Å². The molecule has 0 radical (unpaired) electrons. The van der Waals surface area contributed by atoms with Crippen LogP contribution >= 0.6 is 0 Å². The Hall–Kier alpha value is -0.530. The van der Waals surface area contributed by atoms with Crippen molar-refractivity contribution in [2.24, 2.45) is 5.92 Å². The van der Waals surface area contributed by atoms with E-state index in [0.717, 1.165) is 6.42 Å². The number of carbonyl (C=O) groups excluding carboxylic acids is 1. The van der Waals surface area contributed by atoms with Crippen molar-refractivity contribution in [3.8, 4) is 0 Å². The van der Waals surface area contributed by atoms with Crippen LogP contribution < -0.4 is 5.32 Å². The van der Waals surface area contributed by atoms with Gasteiger partial charge in [-0.25, -0.2) is 0 Å². The topological polar surface area (TPSA) is 29.1 Å². The van der Waals surface area contributed by atoms with Crippen molar-refractivity contribution in [3.05, 3.63) is 0 Å². The molecule has 0 aromatic rings. The predicted octanol–water partition coefficient (Wildman–Crippen LogP) is 1.95. The maximum absolute atomic E-state index is 10.8. The Morgan fingerprint density at radius 2 is 2.00 bits per heavy atom. The largest absolute Gasteiger partial charge is 0.351 e. The maximum Gasteiger partial charge on any atom is 0.217 e. The number of amides is 1. The van der Waals surface area contributed by atoms with Gasteiger partial charge in [-0.3, -0.25) is 4.79 Å². The second kappa shape index (κ2) is 3.74. The molecule has 0 bridgehead atoms. The van der Waals surface area contributed by atoms with E-state index in [4.69, 9.17) is 0 Å². The summed E-state index contributed by atoms with van der Waals surface area (Å²) in [5.41, 5.74) is -0.0359. The first kappa shape index (κ1) is 10.5. The minimum absolute atomic E-state index is 0.0359. The van der Waals surface area contributed by atoms with Crippen molar-refractivity contribution in [1.29, 1.82) is 0 Å². The normalized spacial score (nSPS) is 16.2. The predicted molar refractivity (Wildman–Crippen MR) is 47.4 cm³/mol. The van der Waals surface area contributed by atoms with E-state index in [1.165, 1.54) is 0 Å². The summed E-state index contributed by atoms with van der Waals surface area (Å²) in [6, 6.07) is 0. The number of hydrogen-bond donors (Lipinski definition) is 1. The summed E-state index contributed by atoms with van der Waals surface area (Å²) in [7, 11) is 0. The molecule has 0 saturated heterocycles. The number of rotatable bonds is 3. The van der Waals surface area contributed by atoms with Gasteiger partial charge in [0, 0.05) is 12.5 Å². The lowest BCUT2D eigenvalue weighted by atomic mass is 9.86. The molecule has 0 aromatic heterocycles. The Morgan fingerprint density at radius 1 is 1.55 bits per heavy atom. The highest BCUT2D eigenvalue weighted by Gasteiger charge is 2.26. The second-order valence-electron chi connectivity index (χ2n) is 3.61. The summed E-state index contributed by atoms with van der Waals surface area (Å²) in [4.78, 5) is 10.8. The first-order valence-corrected chi connectivity index (χ1v) is 4.21. The van der Waals surface area contributed by atoms with Crippen LogP contribution in [0.1, 0.15) is 41.0 Å². The molecule has 0 spiro atoms. The number of hydrogen-bond acceptors (Lipinski definition) is 1. The van der Waals surface area contributed by atoms with E-state index < -0.39 is 0 Å². The average Bonchev–Trinajstić information content (AvgIpc) is 1.86. The molecule has 0 aliphatic heterocycles. The first-order valence-electron chi connectivity index (χ1n) is 4.21. The molecule has 0 saturated carbocycles. The van der Waals surface area contributed by atoms with Crippen molar-refractivity contribution in [1.82, 2.24) is 5.32 Å². The van der Waals surface area contributed by atoms with Crippen molar-refractivity contribution < 1.29 is 4.79 Å². The number of nitrogens with one attached hydrogen (secondary N) is 1. The Kier molecular flexibility index (Phi) is 3.56. The van der Waals surface area contributed by atoms with E-state index in [1.54, 1.807) is 6.92 Å². The van der Waals surface area contributed by atoms with Crippen LogP contribution in [0.5, 0.6) is 0 Å². The summed E-state index contributed by atoms with van der Waals surface area (Å²) in [6.07, 6.45) is 0.976. The van der Waals surface area contributed by atoms with Crippen molar-refractivity contribution in [2.75, 3.05) is 0 Å². The van der Waals surface area contributed by atoms with Gasteiger partial charge in [0.05, 0.1) is 0 Å². The maximum atomic E-state index is 10.8. The zero-order valence-corrected chi connectivity index (χ0v) is 8.19. The van der Waals surface area contributed by atoms with Gasteiger partial charge in [-0.2, -0.15) is 0 Å². The van der Waals surface area contributed by atoms with Crippen LogP contribution in [0.2, 0.25) is 0 Å². The van der Waals surface area contributed by atoms with Gasteiger partial charge in [0.15, 0.2) is 0 Å². The van der Waals surface area contributed by atoms with Gasteiger partial charge in [0.1, 0.15) is 0 Å². The quantitative estimate of drug-likeness (QED) is 0.666. The molecule has 11 heavy (non-hydrogen) atoms. The van der Waals surface area contributed by atoms with E-state index in [-0.39, 0.29) is 11.4 Å². The number of carbonyl (C=O) groups is 1. The van der Waals surface area contributed by atoms with Crippen LogP contribution in [-0.4, -0.2) is 11.4 Å². The van der Waals surface area contributed by atoms with E-state index in [1.807, 2.05) is 0 Å². The third-order valence-corrected chi connectivity index (χ3v) is 2.47. The van der Waals surface area contributed by atoms with E-state index in [9.17, 15) is 4.79 Å². The molecule has 0 aliphatic rings. The summed E-state index contributed by atoms with van der Waals surface area (Å²) in [6.45, 7) is 9.99. The van der Waals surface area contributed by atoms with Crippen LogP contribution in [0, 0.1) is 5.92 Å². The zero-order valence-electron chi connectivity index (χ0n) is 8.19. The molecular formula is C9H19NO. The highest BCUT2D eigenvalue weighted by atomic mass is 16.1. The Morgan fingerprint density at radius 3 is 2.09 bits per heavy atom. The van der Waals surface area contributed by atoms with Gasteiger partial charge in [-0.15, -0.1) is 0 Å². The molecule has 0 heterocycles. The van der Waals surface area contributed by atoms with Gasteiger partial charge in [0.25, 0.3) is 0 Å². The SMILES string of the molecule is CCC(C)(NC(C)=O)C(C)C. The van der Waals surface area contributed by atoms with Gasteiger partial charge < -0.3 is 5.32 Å². The monoisotopic (exact) mass is 157 g/mol. The average molecular weight is 157 g/mol. The molecule has 1 amide bonds. The van der Waals surface area contributed by atoms with E-state index >= 15 is 0 Å². The summed E-state index contributed by atoms with van der Waals surface area (Å²) >= 11 is 0.